The highest BCUT2D eigenvalue weighted by Crippen LogP contribution is 2.36. The van der Waals surface area contributed by atoms with Crippen LogP contribution in [0.25, 0.3) is 11.0 Å². The summed E-state index contributed by atoms with van der Waals surface area (Å²) in [7, 11) is 0. The largest absolute Gasteiger partial charge is 0.373 e. The molecule has 4 aromatic rings. The Bertz CT molecular complexity index is 1850. The number of anilines is 4. The van der Waals surface area contributed by atoms with Crippen molar-refractivity contribution in [3.63, 3.8) is 0 Å². The molecular weight excluding hydrogens is 622 g/mol. The number of benzene rings is 2. The Kier molecular flexibility index (Phi) is 8.64. The lowest BCUT2D eigenvalue weighted by atomic mass is 9.90. The number of aromatic nitrogens is 3. The zero-order chi connectivity index (χ0) is 33.5. The van der Waals surface area contributed by atoms with Crippen molar-refractivity contribution in [2.45, 2.75) is 76.1 Å². The topological polar surface area (TPSA) is 166 Å². The van der Waals surface area contributed by atoms with Crippen LogP contribution in [0.4, 0.5) is 23.0 Å². The van der Waals surface area contributed by atoms with Crippen LogP contribution < -0.4 is 26.2 Å². The van der Waals surface area contributed by atoms with Gasteiger partial charge in [-0.15, -0.1) is 0 Å². The van der Waals surface area contributed by atoms with Crippen molar-refractivity contribution in [2.24, 2.45) is 5.73 Å². The Labute approximate surface area is 284 Å². The van der Waals surface area contributed by atoms with Gasteiger partial charge in [-0.1, -0.05) is 11.2 Å². The summed E-state index contributed by atoms with van der Waals surface area (Å²) in [6.07, 6.45) is 7.80. The molecule has 49 heavy (non-hydrogen) atoms. The average molecular weight is 666 g/mol. The molecule has 4 aliphatic heterocycles. The molecule has 2 amide bonds. The maximum absolute atomic E-state index is 12.5. The fourth-order valence-electron chi connectivity index (χ4n) is 7.97. The molecule has 13 nitrogen and oxygen atoms in total. The summed E-state index contributed by atoms with van der Waals surface area (Å²) in [6, 6.07) is 13.0. The van der Waals surface area contributed by atoms with E-state index in [1.54, 1.807) is 6.20 Å². The number of carbonyl (C=O) groups is 2. The van der Waals surface area contributed by atoms with Gasteiger partial charge in [0.1, 0.15) is 23.4 Å². The first kappa shape index (κ1) is 31.7. The van der Waals surface area contributed by atoms with Crippen LogP contribution in [-0.2, 0) is 22.6 Å². The van der Waals surface area contributed by atoms with Gasteiger partial charge in [0.05, 0.1) is 12.1 Å². The standard InChI is InChI=1S/C36H43N9O4/c37-34(47)32-35(40-29(20-38-32)44-15-2-1-3-16-44)39-23-5-7-24(8-6-23)43-17-12-25(13-18-43)45-19-14-26-22(21-45)4-9-27-31(42-49-33(26)27)28-10-11-30(46)41-36(28)48/h4-9,20,25,28,34,47H,1-3,10-19,21,37H2,(H,39,40)(H,41,46,48). The summed E-state index contributed by atoms with van der Waals surface area (Å²) in [5.41, 5.74) is 12.1. The molecule has 0 spiro atoms. The molecule has 5 N–H and O–H groups in total. The van der Waals surface area contributed by atoms with Gasteiger partial charge in [-0.05, 0) is 80.8 Å². The molecule has 0 radical (unpaired) electrons. The fourth-order valence-corrected chi connectivity index (χ4v) is 7.97. The number of carbonyl (C=O) groups excluding carboxylic acids is 2. The Morgan fingerprint density at radius 2 is 1.73 bits per heavy atom. The van der Waals surface area contributed by atoms with Gasteiger partial charge in [0.25, 0.3) is 0 Å². The first-order chi connectivity index (χ1) is 23.9. The first-order valence-corrected chi connectivity index (χ1v) is 17.6. The number of nitrogens with one attached hydrogen (secondary N) is 2. The van der Waals surface area contributed by atoms with Gasteiger partial charge in [0, 0.05) is 74.1 Å². The number of hydrogen-bond donors (Lipinski definition) is 4. The van der Waals surface area contributed by atoms with Crippen LogP contribution in [0, 0.1) is 0 Å². The second kappa shape index (κ2) is 13.4. The number of aliphatic hydroxyl groups is 1. The van der Waals surface area contributed by atoms with E-state index in [-0.39, 0.29) is 11.8 Å². The second-order valence-electron chi connectivity index (χ2n) is 13.7. The third kappa shape index (κ3) is 6.33. The molecular formula is C36H43N9O4. The SMILES string of the molecule is NC(O)c1ncc(N2CCCCC2)nc1Nc1ccc(N2CCC(N3CCc4c(ccc5c(C6CCC(=O)NC6=O)noc45)C3)CC2)cc1. The molecule has 2 aromatic carbocycles. The fraction of sp³-hybridized carbons (Fsp3) is 0.472. The van der Waals surface area contributed by atoms with Crippen molar-refractivity contribution in [1.82, 2.24) is 25.3 Å². The average Bonchev–Trinajstić information content (AvgIpc) is 3.56. The van der Waals surface area contributed by atoms with E-state index in [0.29, 0.717) is 36.1 Å². The van der Waals surface area contributed by atoms with Crippen molar-refractivity contribution < 1.29 is 19.2 Å². The minimum atomic E-state index is -1.22. The van der Waals surface area contributed by atoms with E-state index < -0.39 is 12.1 Å². The van der Waals surface area contributed by atoms with Gasteiger partial charge in [0.15, 0.2) is 11.4 Å². The van der Waals surface area contributed by atoms with Crippen LogP contribution in [0.2, 0.25) is 0 Å². The Morgan fingerprint density at radius 3 is 2.49 bits per heavy atom. The van der Waals surface area contributed by atoms with E-state index in [4.69, 9.17) is 15.2 Å². The number of piperidine rings is 3. The molecule has 3 fully saturated rings. The summed E-state index contributed by atoms with van der Waals surface area (Å²) >= 11 is 0. The van der Waals surface area contributed by atoms with Crippen molar-refractivity contribution in [3.8, 4) is 0 Å². The van der Waals surface area contributed by atoms with Crippen LogP contribution in [0.1, 0.15) is 79.6 Å². The van der Waals surface area contributed by atoms with E-state index in [2.05, 4.69) is 53.7 Å². The molecule has 0 saturated carbocycles. The lowest BCUT2D eigenvalue weighted by molar-refractivity contribution is -0.134. The number of imide groups is 1. The lowest BCUT2D eigenvalue weighted by Crippen LogP contribution is -2.46. The maximum atomic E-state index is 12.5. The predicted octanol–water partition coefficient (Wildman–Crippen LogP) is 3.85. The summed E-state index contributed by atoms with van der Waals surface area (Å²) in [5.74, 6) is 0.303. The van der Waals surface area contributed by atoms with E-state index in [1.165, 1.54) is 23.2 Å². The van der Waals surface area contributed by atoms with Crippen LogP contribution in [-0.4, -0.2) is 75.7 Å². The van der Waals surface area contributed by atoms with Crippen LogP contribution in [0.3, 0.4) is 0 Å². The molecule has 256 valence electrons. The van der Waals surface area contributed by atoms with Crippen molar-refractivity contribution in [3.05, 3.63) is 65.1 Å². The third-order valence-electron chi connectivity index (χ3n) is 10.7. The highest BCUT2D eigenvalue weighted by atomic mass is 16.5. The summed E-state index contributed by atoms with van der Waals surface area (Å²) in [4.78, 5) is 40.7. The quantitative estimate of drug-likeness (QED) is 0.167. The highest BCUT2D eigenvalue weighted by molar-refractivity contribution is 6.02. The Morgan fingerprint density at radius 1 is 0.939 bits per heavy atom. The van der Waals surface area contributed by atoms with Crippen LogP contribution in [0.15, 0.2) is 47.1 Å². The molecule has 3 saturated heterocycles. The van der Waals surface area contributed by atoms with E-state index in [0.717, 1.165) is 93.8 Å². The smallest absolute Gasteiger partial charge is 0.235 e. The lowest BCUT2D eigenvalue weighted by Gasteiger charge is -2.41. The third-order valence-corrected chi connectivity index (χ3v) is 10.7. The Balaban J connectivity index is 0.889. The van der Waals surface area contributed by atoms with Gasteiger partial charge in [0.2, 0.25) is 11.8 Å². The molecule has 6 heterocycles. The predicted molar refractivity (Wildman–Crippen MR) is 185 cm³/mol. The number of rotatable bonds is 7. The number of aliphatic hydroxyl groups excluding tert-OH is 1. The number of amides is 2. The van der Waals surface area contributed by atoms with Gasteiger partial charge in [-0.3, -0.25) is 19.8 Å². The number of hydrogen-bond acceptors (Lipinski definition) is 12. The summed E-state index contributed by atoms with van der Waals surface area (Å²) in [5, 5.41) is 21.1. The van der Waals surface area contributed by atoms with Crippen LogP contribution in [0.5, 0.6) is 0 Å². The van der Waals surface area contributed by atoms with Crippen LogP contribution >= 0.6 is 0 Å². The monoisotopic (exact) mass is 665 g/mol. The van der Waals surface area contributed by atoms with Crippen molar-refractivity contribution in [2.75, 3.05) is 47.8 Å². The van der Waals surface area contributed by atoms with E-state index in [1.807, 2.05) is 18.2 Å². The van der Waals surface area contributed by atoms with Gasteiger partial charge in [-0.2, -0.15) is 0 Å². The van der Waals surface area contributed by atoms with E-state index in [9.17, 15) is 14.7 Å². The molecule has 2 atom stereocenters. The first-order valence-electron chi connectivity index (χ1n) is 17.6. The minimum absolute atomic E-state index is 0.229. The van der Waals surface area contributed by atoms with Gasteiger partial charge in [-0.25, -0.2) is 9.97 Å². The van der Waals surface area contributed by atoms with Crippen molar-refractivity contribution in [1.29, 1.82) is 0 Å². The summed E-state index contributed by atoms with van der Waals surface area (Å²) in [6.45, 7) is 5.68. The molecule has 2 aromatic heterocycles. The normalized spacial score (nSPS) is 21.5. The van der Waals surface area contributed by atoms with Gasteiger partial charge >= 0.3 is 0 Å². The molecule has 13 heteroatoms. The highest BCUT2D eigenvalue weighted by Gasteiger charge is 2.34. The second-order valence-corrected chi connectivity index (χ2v) is 13.7. The Hall–Kier alpha value is -4.59. The van der Waals surface area contributed by atoms with Gasteiger partial charge < -0.3 is 30.5 Å². The molecule has 0 bridgehead atoms. The molecule has 2 unspecified atom stereocenters. The number of nitrogens with two attached hydrogens (primary N) is 1. The molecule has 8 rings (SSSR count). The zero-order valence-electron chi connectivity index (χ0n) is 27.6. The summed E-state index contributed by atoms with van der Waals surface area (Å²) < 4.78 is 5.84. The molecule has 4 aliphatic rings. The molecule has 0 aliphatic carbocycles. The number of nitrogens with zero attached hydrogens (tertiary/aromatic N) is 6. The minimum Gasteiger partial charge on any atom is -0.373 e. The van der Waals surface area contributed by atoms with Crippen molar-refractivity contribution >= 4 is 45.8 Å². The van der Waals surface area contributed by atoms with E-state index >= 15 is 0 Å². The zero-order valence-corrected chi connectivity index (χ0v) is 27.6. The number of fused-ring (bicyclic) bond motifs is 3. The maximum Gasteiger partial charge on any atom is 0.235 e.